The Bertz CT molecular complexity index is 1150. The van der Waals surface area contributed by atoms with Gasteiger partial charge < -0.3 is 24.4 Å². The van der Waals surface area contributed by atoms with Gasteiger partial charge in [-0.1, -0.05) is 17.7 Å². The Kier molecular flexibility index (Phi) is 5.41. The molecule has 2 heterocycles. The molecule has 168 valence electrons. The predicted molar refractivity (Wildman–Crippen MR) is 122 cm³/mol. The maximum Gasteiger partial charge on any atom is 0.181 e. The summed E-state index contributed by atoms with van der Waals surface area (Å²) in [6, 6.07) is 4.72. The van der Waals surface area contributed by atoms with E-state index in [9.17, 15) is 15.0 Å². The number of carbonyl (C=O) groups is 1. The summed E-state index contributed by atoms with van der Waals surface area (Å²) in [5, 5.41) is 21.1. The minimum Gasteiger partial charge on any atom is -0.508 e. The molecule has 0 bridgehead atoms. The lowest BCUT2D eigenvalue weighted by atomic mass is 9.85. The van der Waals surface area contributed by atoms with Crippen LogP contribution in [0, 0.1) is 0 Å². The molecule has 1 unspecified atom stereocenters. The van der Waals surface area contributed by atoms with Gasteiger partial charge in [0, 0.05) is 17.2 Å². The molecular formula is C26H28O6. The molecule has 0 aromatic heterocycles. The quantitative estimate of drug-likeness (QED) is 0.644. The molecule has 0 amide bonds. The van der Waals surface area contributed by atoms with Crippen molar-refractivity contribution >= 4 is 11.9 Å². The molecular weight excluding hydrogens is 408 g/mol. The summed E-state index contributed by atoms with van der Waals surface area (Å²) in [5.74, 6) is 0.243. The SMILES string of the molecule is COc1c(C2COc3c4c(cc(O)c3C2=O)OC(C)(C)C=C4)ccc(O)c1CC=C(C)C. The first kappa shape index (κ1) is 21.8. The van der Waals surface area contributed by atoms with Crippen molar-refractivity contribution < 1.29 is 29.2 Å². The van der Waals surface area contributed by atoms with Crippen molar-refractivity contribution in [2.24, 2.45) is 0 Å². The minimum absolute atomic E-state index is 0.0855. The Morgan fingerprint density at radius 1 is 1.25 bits per heavy atom. The van der Waals surface area contributed by atoms with Crippen molar-refractivity contribution in [1.82, 2.24) is 0 Å². The van der Waals surface area contributed by atoms with Gasteiger partial charge in [0.1, 0.15) is 46.5 Å². The lowest BCUT2D eigenvalue weighted by Crippen LogP contribution is -2.30. The highest BCUT2D eigenvalue weighted by atomic mass is 16.5. The van der Waals surface area contributed by atoms with E-state index in [1.807, 2.05) is 45.9 Å². The maximum absolute atomic E-state index is 13.5. The van der Waals surface area contributed by atoms with Gasteiger partial charge in [0.05, 0.1) is 18.6 Å². The second-order valence-electron chi connectivity index (χ2n) is 8.95. The van der Waals surface area contributed by atoms with Gasteiger partial charge in [0.25, 0.3) is 0 Å². The summed E-state index contributed by atoms with van der Waals surface area (Å²) in [7, 11) is 1.52. The molecule has 2 aliphatic heterocycles. The third-order valence-corrected chi connectivity index (χ3v) is 5.80. The van der Waals surface area contributed by atoms with Crippen LogP contribution < -0.4 is 14.2 Å². The number of allylic oxidation sites excluding steroid dienone is 2. The van der Waals surface area contributed by atoms with Crippen molar-refractivity contribution in [3.05, 3.63) is 58.2 Å². The van der Waals surface area contributed by atoms with Gasteiger partial charge in [-0.25, -0.2) is 0 Å². The Morgan fingerprint density at radius 2 is 2.00 bits per heavy atom. The molecule has 2 aliphatic rings. The molecule has 6 heteroatoms. The van der Waals surface area contributed by atoms with Gasteiger partial charge >= 0.3 is 0 Å². The van der Waals surface area contributed by atoms with Crippen LogP contribution in [0.1, 0.15) is 60.7 Å². The highest BCUT2D eigenvalue weighted by Crippen LogP contribution is 2.48. The maximum atomic E-state index is 13.5. The molecule has 0 saturated heterocycles. The van der Waals surface area contributed by atoms with Gasteiger partial charge in [-0.15, -0.1) is 0 Å². The number of phenolic OH excluding ortho intramolecular Hbond substituents is 2. The molecule has 0 saturated carbocycles. The zero-order valence-electron chi connectivity index (χ0n) is 19.0. The van der Waals surface area contributed by atoms with Crippen LogP contribution >= 0.6 is 0 Å². The minimum atomic E-state index is -0.683. The molecule has 0 fully saturated rings. The Hall–Kier alpha value is -3.41. The third-order valence-electron chi connectivity index (χ3n) is 5.80. The van der Waals surface area contributed by atoms with Crippen LogP contribution in [0.5, 0.6) is 28.7 Å². The number of phenols is 2. The molecule has 6 nitrogen and oxygen atoms in total. The fourth-order valence-electron chi connectivity index (χ4n) is 4.17. The smallest absolute Gasteiger partial charge is 0.181 e. The fraction of sp³-hybridized carbons (Fsp3) is 0.346. The number of methoxy groups -OCH3 is 1. The van der Waals surface area contributed by atoms with Crippen molar-refractivity contribution in [3.8, 4) is 28.7 Å². The van der Waals surface area contributed by atoms with Crippen LogP contribution in [0.25, 0.3) is 6.08 Å². The summed E-state index contributed by atoms with van der Waals surface area (Å²) < 4.78 is 17.6. The largest absolute Gasteiger partial charge is 0.508 e. The van der Waals surface area contributed by atoms with E-state index in [1.54, 1.807) is 12.1 Å². The number of hydrogen-bond acceptors (Lipinski definition) is 6. The average molecular weight is 437 g/mol. The van der Waals surface area contributed by atoms with Crippen LogP contribution in [-0.4, -0.2) is 35.3 Å². The molecule has 32 heavy (non-hydrogen) atoms. The molecule has 0 radical (unpaired) electrons. The third kappa shape index (κ3) is 3.70. The van der Waals surface area contributed by atoms with E-state index in [4.69, 9.17) is 14.2 Å². The summed E-state index contributed by atoms with van der Waals surface area (Å²) in [6.07, 6.45) is 6.22. The number of hydrogen-bond donors (Lipinski definition) is 2. The number of ketones is 1. The van der Waals surface area contributed by atoms with Crippen molar-refractivity contribution in [1.29, 1.82) is 0 Å². The summed E-state index contributed by atoms with van der Waals surface area (Å²) in [6.45, 7) is 7.86. The van der Waals surface area contributed by atoms with Crippen LogP contribution in [0.15, 0.2) is 35.9 Å². The summed E-state index contributed by atoms with van der Waals surface area (Å²) >= 11 is 0. The zero-order chi connectivity index (χ0) is 23.2. The number of carbonyl (C=O) groups excluding carboxylic acids is 1. The first-order valence-electron chi connectivity index (χ1n) is 10.6. The topological polar surface area (TPSA) is 85.2 Å². The predicted octanol–water partition coefficient (Wildman–Crippen LogP) is 5.16. The number of rotatable bonds is 4. The van der Waals surface area contributed by atoms with E-state index in [-0.39, 0.29) is 29.5 Å². The van der Waals surface area contributed by atoms with Crippen LogP contribution in [0.3, 0.4) is 0 Å². The Labute approximate surface area is 187 Å². The monoisotopic (exact) mass is 436 g/mol. The van der Waals surface area contributed by atoms with Crippen LogP contribution in [0.4, 0.5) is 0 Å². The standard InChI is InChI=1S/C26H28O6/c1-14(2)6-7-16-19(27)9-8-15(24(16)30-5)18-13-31-25-17-10-11-26(3,4)32-21(17)12-20(28)22(25)23(18)29/h6,8-12,18,27-28H,7,13H2,1-5H3. The van der Waals surface area contributed by atoms with E-state index in [1.165, 1.54) is 13.2 Å². The van der Waals surface area contributed by atoms with Crippen molar-refractivity contribution in [3.63, 3.8) is 0 Å². The Morgan fingerprint density at radius 3 is 2.69 bits per heavy atom. The van der Waals surface area contributed by atoms with E-state index in [2.05, 4.69) is 0 Å². The average Bonchev–Trinajstić information content (AvgIpc) is 2.71. The molecule has 0 aliphatic carbocycles. The number of fused-ring (bicyclic) bond motifs is 3. The number of Topliss-reactive ketones (excluding diaryl/α,β-unsaturated/α-hetero) is 1. The molecule has 2 aromatic rings. The normalized spacial score (nSPS) is 18.2. The van der Waals surface area contributed by atoms with Crippen molar-refractivity contribution in [2.75, 3.05) is 13.7 Å². The van der Waals surface area contributed by atoms with Gasteiger partial charge in [-0.05, 0) is 52.3 Å². The van der Waals surface area contributed by atoms with Crippen LogP contribution in [-0.2, 0) is 6.42 Å². The second-order valence-corrected chi connectivity index (χ2v) is 8.95. The lowest BCUT2D eigenvalue weighted by Gasteiger charge is -2.32. The Balaban J connectivity index is 1.79. The highest BCUT2D eigenvalue weighted by molar-refractivity contribution is 6.08. The highest BCUT2D eigenvalue weighted by Gasteiger charge is 2.38. The van der Waals surface area contributed by atoms with Gasteiger partial charge in [-0.2, -0.15) is 0 Å². The van der Waals surface area contributed by atoms with E-state index < -0.39 is 11.5 Å². The number of ether oxygens (including phenoxy) is 3. The first-order valence-corrected chi connectivity index (χ1v) is 10.6. The number of aromatic hydroxyl groups is 2. The first-order chi connectivity index (χ1) is 15.1. The number of benzene rings is 2. The second kappa shape index (κ2) is 7.93. The fourth-order valence-corrected chi connectivity index (χ4v) is 4.17. The van der Waals surface area contributed by atoms with E-state index in [0.29, 0.717) is 40.4 Å². The molecule has 2 aromatic carbocycles. The zero-order valence-corrected chi connectivity index (χ0v) is 19.0. The van der Waals surface area contributed by atoms with Gasteiger partial charge in [-0.3, -0.25) is 4.79 Å². The molecule has 0 spiro atoms. The van der Waals surface area contributed by atoms with Gasteiger partial charge in [0.2, 0.25) is 0 Å². The molecule has 1 atom stereocenters. The summed E-state index contributed by atoms with van der Waals surface area (Å²) in [5.41, 5.74) is 2.59. The van der Waals surface area contributed by atoms with Crippen molar-refractivity contribution in [2.45, 2.75) is 45.6 Å². The summed E-state index contributed by atoms with van der Waals surface area (Å²) in [4.78, 5) is 13.5. The van der Waals surface area contributed by atoms with Crippen LogP contribution in [0.2, 0.25) is 0 Å². The molecule has 2 N–H and O–H groups in total. The van der Waals surface area contributed by atoms with E-state index >= 15 is 0 Å². The molecule has 4 rings (SSSR count). The van der Waals surface area contributed by atoms with Gasteiger partial charge in [0.15, 0.2) is 5.78 Å². The lowest BCUT2D eigenvalue weighted by molar-refractivity contribution is 0.0888. The van der Waals surface area contributed by atoms with E-state index in [0.717, 1.165) is 5.57 Å².